The molecule has 5 aromatic rings. The molecule has 5 rings (SSSR count). The second-order valence-electron chi connectivity index (χ2n) is 9.88. The summed E-state index contributed by atoms with van der Waals surface area (Å²) in [6.45, 7) is 8.33. The molecule has 190 valence electrons. The van der Waals surface area contributed by atoms with E-state index in [4.69, 9.17) is 4.98 Å². The third-order valence-electron chi connectivity index (χ3n) is 7.00. The van der Waals surface area contributed by atoms with Crippen LogP contribution >= 0.6 is 0 Å². The largest absolute Gasteiger partial charge is 0.324 e. The van der Waals surface area contributed by atoms with Crippen LogP contribution in [-0.2, 0) is 6.54 Å². The Morgan fingerprint density at radius 3 is 2.24 bits per heavy atom. The molecule has 0 aliphatic carbocycles. The third kappa shape index (κ3) is 4.88. The topological polar surface area (TPSA) is 55.2 Å². The molecule has 0 saturated heterocycles. The average molecular weight is 502 g/mol. The summed E-state index contributed by atoms with van der Waals surface area (Å²) < 4.78 is 1.69. The zero-order valence-electron chi connectivity index (χ0n) is 22.2. The van der Waals surface area contributed by atoms with Crippen molar-refractivity contribution in [3.63, 3.8) is 0 Å². The summed E-state index contributed by atoms with van der Waals surface area (Å²) in [5.74, 6) is 0.412. The summed E-state index contributed by atoms with van der Waals surface area (Å²) in [7, 11) is 0. The Morgan fingerprint density at radius 2 is 1.50 bits per heavy atom. The molecule has 5 heteroatoms. The van der Waals surface area contributed by atoms with E-state index < -0.39 is 6.04 Å². The maximum absolute atomic E-state index is 14.0. The van der Waals surface area contributed by atoms with E-state index in [0.29, 0.717) is 28.8 Å². The van der Waals surface area contributed by atoms with E-state index in [9.17, 15) is 9.59 Å². The van der Waals surface area contributed by atoms with Gasteiger partial charge in [0.1, 0.15) is 5.82 Å². The minimum Gasteiger partial charge on any atom is -0.324 e. The Kier molecular flexibility index (Phi) is 6.93. The Bertz CT molecular complexity index is 1670. The van der Waals surface area contributed by atoms with Crippen LogP contribution in [0.5, 0.6) is 0 Å². The smallest absolute Gasteiger partial charge is 0.266 e. The van der Waals surface area contributed by atoms with Gasteiger partial charge in [-0.1, -0.05) is 72.3 Å². The highest BCUT2D eigenvalue weighted by atomic mass is 16.2. The van der Waals surface area contributed by atoms with Crippen molar-refractivity contribution in [2.24, 2.45) is 0 Å². The number of benzene rings is 4. The quantitative estimate of drug-likeness (QED) is 0.260. The van der Waals surface area contributed by atoms with Crippen molar-refractivity contribution < 1.29 is 4.79 Å². The Balaban J connectivity index is 1.73. The number of carbonyl (C=O) groups excluding carboxylic acids is 1. The first kappa shape index (κ1) is 25.2. The van der Waals surface area contributed by atoms with E-state index in [2.05, 4.69) is 0 Å². The van der Waals surface area contributed by atoms with Gasteiger partial charge in [-0.2, -0.15) is 0 Å². The van der Waals surface area contributed by atoms with Gasteiger partial charge in [0.25, 0.3) is 11.5 Å². The van der Waals surface area contributed by atoms with Gasteiger partial charge in [0, 0.05) is 12.1 Å². The van der Waals surface area contributed by atoms with Crippen molar-refractivity contribution in [1.82, 2.24) is 14.5 Å². The minimum absolute atomic E-state index is 0.115. The fourth-order valence-corrected chi connectivity index (χ4v) is 4.79. The van der Waals surface area contributed by atoms with Gasteiger partial charge in [0.2, 0.25) is 0 Å². The predicted octanol–water partition coefficient (Wildman–Crippen LogP) is 6.71. The maximum atomic E-state index is 14.0. The Hall–Kier alpha value is -4.51. The monoisotopic (exact) mass is 501 g/mol. The van der Waals surface area contributed by atoms with Gasteiger partial charge in [0.05, 0.1) is 22.6 Å². The lowest BCUT2D eigenvalue weighted by Crippen LogP contribution is -2.37. The lowest BCUT2D eigenvalue weighted by molar-refractivity contribution is 0.0664. The summed E-state index contributed by atoms with van der Waals surface area (Å²) in [5.41, 5.74) is 5.93. The molecule has 0 bridgehead atoms. The summed E-state index contributed by atoms with van der Waals surface area (Å²) in [6, 6.07) is 30.4. The second-order valence-corrected chi connectivity index (χ2v) is 9.88. The SMILES string of the molecule is Cc1ccc(C(=O)N(Cc2ccccc2)C(C)c2nc3ccccc3c(=O)n2-c2cc(C)ccc2C)cc1. The van der Waals surface area contributed by atoms with Crippen molar-refractivity contribution >= 4 is 16.8 Å². The Morgan fingerprint density at radius 1 is 0.842 bits per heavy atom. The van der Waals surface area contributed by atoms with E-state index in [1.54, 1.807) is 15.5 Å². The van der Waals surface area contributed by atoms with Gasteiger partial charge in [-0.25, -0.2) is 4.98 Å². The number of para-hydroxylation sites is 1. The average Bonchev–Trinajstić information content (AvgIpc) is 2.93. The zero-order valence-corrected chi connectivity index (χ0v) is 22.2. The number of fused-ring (bicyclic) bond motifs is 1. The number of aromatic nitrogens is 2. The number of amides is 1. The first-order valence-electron chi connectivity index (χ1n) is 12.8. The van der Waals surface area contributed by atoms with Crippen LogP contribution in [0.3, 0.4) is 0 Å². The fraction of sp³-hybridized carbons (Fsp3) is 0.182. The van der Waals surface area contributed by atoms with Gasteiger partial charge >= 0.3 is 0 Å². The molecule has 1 unspecified atom stereocenters. The number of rotatable bonds is 6. The second kappa shape index (κ2) is 10.5. The lowest BCUT2D eigenvalue weighted by Gasteiger charge is -2.31. The normalized spacial score (nSPS) is 11.9. The molecule has 1 atom stereocenters. The molecule has 0 aliphatic rings. The number of nitrogens with zero attached hydrogens (tertiary/aromatic N) is 3. The number of aryl methyl sites for hydroxylation is 3. The van der Waals surface area contributed by atoms with Crippen LogP contribution in [0.4, 0.5) is 0 Å². The van der Waals surface area contributed by atoms with Crippen LogP contribution in [0.2, 0.25) is 0 Å². The van der Waals surface area contributed by atoms with Crippen molar-refractivity contribution in [3.8, 4) is 5.69 Å². The van der Waals surface area contributed by atoms with Crippen molar-refractivity contribution in [2.75, 3.05) is 0 Å². The van der Waals surface area contributed by atoms with Gasteiger partial charge in [0.15, 0.2) is 0 Å². The van der Waals surface area contributed by atoms with Crippen molar-refractivity contribution in [3.05, 3.63) is 141 Å². The van der Waals surface area contributed by atoms with Crippen molar-refractivity contribution in [1.29, 1.82) is 0 Å². The molecule has 0 N–H and O–H groups in total. The molecule has 0 fully saturated rings. The first-order chi connectivity index (χ1) is 18.3. The highest BCUT2D eigenvalue weighted by Gasteiger charge is 2.28. The van der Waals surface area contributed by atoms with Crippen LogP contribution in [0, 0.1) is 20.8 Å². The molecular weight excluding hydrogens is 470 g/mol. The highest BCUT2D eigenvalue weighted by molar-refractivity contribution is 5.94. The Labute approximate surface area is 223 Å². The maximum Gasteiger partial charge on any atom is 0.266 e. The molecular formula is C33H31N3O2. The van der Waals surface area contributed by atoms with Crippen LogP contribution in [0.15, 0.2) is 102 Å². The molecule has 1 amide bonds. The molecule has 0 saturated carbocycles. The molecule has 0 spiro atoms. The molecule has 1 heterocycles. The standard InChI is InChI=1S/C33H31N3O2/c1-22-15-18-27(19-16-22)32(37)35(21-26-10-6-5-7-11-26)25(4)31-34-29-13-9-8-12-28(29)33(38)36(31)30-20-23(2)14-17-24(30)3/h5-20,25H,21H2,1-4H3. The van der Waals surface area contributed by atoms with E-state index in [0.717, 1.165) is 27.9 Å². The third-order valence-corrected chi connectivity index (χ3v) is 7.00. The van der Waals surface area contributed by atoms with Crippen molar-refractivity contribution in [2.45, 2.75) is 40.3 Å². The molecule has 4 aromatic carbocycles. The molecule has 0 radical (unpaired) electrons. The first-order valence-corrected chi connectivity index (χ1v) is 12.8. The lowest BCUT2D eigenvalue weighted by atomic mass is 10.1. The summed E-state index contributed by atoms with van der Waals surface area (Å²) in [5, 5.41) is 0.545. The number of carbonyl (C=O) groups is 1. The van der Waals surface area contributed by atoms with E-state index in [1.165, 1.54) is 0 Å². The fourth-order valence-electron chi connectivity index (χ4n) is 4.79. The molecule has 5 nitrogen and oxygen atoms in total. The highest BCUT2D eigenvalue weighted by Crippen LogP contribution is 2.27. The van der Waals surface area contributed by atoms with Crippen LogP contribution < -0.4 is 5.56 Å². The molecule has 0 aliphatic heterocycles. The van der Waals surface area contributed by atoms with Gasteiger partial charge in [-0.3, -0.25) is 14.2 Å². The van der Waals surface area contributed by atoms with Crippen LogP contribution in [0.25, 0.3) is 16.6 Å². The van der Waals surface area contributed by atoms with Crippen LogP contribution in [0.1, 0.15) is 51.4 Å². The molecule has 1 aromatic heterocycles. The summed E-state index contributed by atoms with van der Waals surface area (Å²) >= 11 is 0. The van der Waals surface area contributed by atoms with E-state index in [1.807, 2.05) is 119 Å². The summed E-state index contributed by atoms with van der Waals surface area (Å²) in [6.07, 6.45) is 0. The van der Waals surface area contributed by atoms with Gasteiger partial charge in [-0.05, 0) is 74.7 Å². The zero-order chi connectivity index (χ0) is 26.8. The number of hydrogen-bond acceptors (Lipinski definition) is 3. The minimum atomic E-state index is -0.499. The van der Waals surface area contributed by atoms with Crippen LogP contribution in [-0.4, -0.2) is 20.4 Å². The predicted molar refractivity (Wildman–Crippen MR) is 153 cm³/mol. The van der Waals surface area contributed by atoms with E-state index >= 15 is 0 Å². The molecule has 38 heavy (non-hydrogen) atoms. The van der Waals surface area contributed by atoms with Gasteiger partial charge < -0.3 is 4.90 Å². The number of hydrogen-bond donors (Lipinski definition) is 0. The van der Waals surface area contributed by atoms with Gasteiger partial charge in [-0.15, -0.1) is 0 Å². The van der Waals surface area contributed by atoms with E-state index in [-0.39, 0.29) is 11.5 Å². The summed E-state index contributed by atoms with van der Waals surface area (Å²) in [4.78, 5) is 34.8.